The first-order chi connectivity index (χ1) is 21.7. The number of hydrogen-bond acceptors (Lipinski definition) is 12. The molecule has 6 atom stereocenters. The maximum Gasteiger partial charge on any atom is 0.235 e. The van der Waals surface area contributed by atoms with Crippen LogP contribution in [-0.2, 0) is 32.1 Å². The Morgan fingerprint density at radius 2 is 1.74 bits per heavy atom. The number of carbonyl (C=O) groups excluding carboxylic acids is 5. The molecule has 246 valence electrons. The lowest BCUT2D eigenvalue weighted by Gasteiger charge is -2.52. The number of phenols is 1. The van der Waals surface area contributed by atoms with Gasteiger partial charge >= 0.3 is 0 Å². The first kappa shape index (κ1) is 32.5. The van der Waals surface area contributed by atoms with E-state index < -0.39 is 64.4 Å². The van der Waals surface area contributed by atoms with Crippen LogP contribution in [0.5, 0.6) is 5.75 Å². The van der Waals surface area contributed by atoms with Gasteiger partial charge in [0.1, 0.15) is 5.75 Å². The first-order valence-corrected chi connectivity index (χ1v) is 16.4. The molecule has 2 heterocycles. The van der Waals surface area contributed by atoms with E-state index in [1.54, 1.807) is 14.1 Å². The Balaban J connectivity index is 1.40. The minimum absolute atomic E-state index is 0.00168. The highest BCUT2D eigenvalue weighted by Crippen LogP contribution is 2.53. The van der Waals surface area contributed by atoms with Gasteiger partial charge in [-0.05, 0) is 63.7 Å². The van der Waals surface area contributed by atoms with Gasteiger partial charge in [0.2, 0.25) is 5.91 Å². The number of rotatable bonds is 6. The van der Waals surface area contributed by atoms with Crippen molar-refractivity contribution >= 4 is 46.1 Å². The van der Waals surface area contributed by atoms with E-state index in [1.165, 1.54) is 16.2 Å². The van der Waals surface area contributed by atoms with E-state index in [2.05, 4.69) is 16.8 Å². The molecule has 4 aliphatic rings. The number of aliphatic hydroxyl groups is 1. The van der Waals surface area contributed by atoms with Crippen LogP contribution < -0.4 is 10.6 Å². The Hall–Kier alpha value is -3.49. The Labute approximate surface area is 271 Å². The summed E-state index contributed by atoms with van der Waals surface area (Å²) in [5.41, 5.74) is 4.43. The van der Waals surface area contributed by atoms with E-state index in [0.717, 1.165) is 42.5 Å². The number of benzene rings is 1. The summed E-state index contributed by atoms with van der Waals surface area (Å²) in [7, 11) is 8.93. The van der Waals surface area contributed by atoms with Crippen molar-refractivity contribution in [1.29, 1.82) is 0 Å². The van der Waals surface area contributed by atoms with Crippen LogP contribution in [0.15, 0.2) is 18.2 Å². The Morgan fingerprint density at radius 3 is 2.35 bits per heavy atom. The molecule has 3 aliphatic carbocycles. The molecule has 1 saturated heterocycles. The molecule has 13 heteroatoms. The van der Waals surface area contributed by atoms with Crippen molar-refractivity contribution in [2.75, 3.05) is 66.3 Å². The molecule has 6 rings (SSSR count). The second-order valence-corrected chi connectivity index (χ2v) is 14.8. The molecule has 2 aromatic rings. The molecule has 12 nitrogen and oxygen atoms in total. The van der Waals surface area contributed by atoms with Gasteiger partial charge in [0.15, 0.2) is 34.7 Å². The highest BCUT2D eigenvalue weighted by atomic mass is 32.1. The van der Waals surface area contributed by atoms with Crippen molar-refractivity contribution in [3.63, 3.8) is 0 Å². The molecule has 1 aromatic carbocycles. The summed E-state index contributed by atoms with van der Waals surface area (Å²) in [5, 5.41) is 23.6. The average molecular weight is 652 g/mol. The van der Waals surface area contributed by atoms with Gasteiger partial charge in [0.05, 0.1) is 17.5 Å². The first-order valence-electron chi connectivity index (χ1n) is 15.6. The number of aromatic hydroxyl groups is 1. The predicted molar refractivity (Wildman–Crippen MR) is 172 cm³/mol. The average Bonchev–Trinajstić information content (AvgIpc) is 3.44. The zero-order chi connectivity index (χ0) is 33.4. The zero-order valence-corrected chi connectivity index (χ0v) is 27.6. The third kappa shape index (κ3) is 4.91. The SMILES string of the molecule is CN1CCN(Cc2ccc(-c3cc(N(C)C)c4c(c3O)C(=O)C3C(=O)C5(O)C(=O)C(C(N)=O)C(=O)C(N(C)C)C5CC3C4)s2)CC1. The number of anilines is 1. The van der Waals surface area contributed by atoms with Gasteiger partial charge in [-0.15, -0.1) is 11.3 Å². The molecule has 3 fully saturated rings. The predicted octanol–water partition coefficient (Wildman–Crippen LogP) is 0.409. The number of carbonyl (C=O) groups is 5. The lowest BCUT2D eigenvalue weighted by atomic mass is 9.52. The second-order valence-electron chi connectivity index (χ2n) is 13.7. The second kappa shape index (κ2) is 11.6. The molecule has 0 spiro atoms. The van der Waals surface area contributed by atoms with Crippen molar-refractivity contribution in [2.45, 2.75) is 31.0 Å². The third-order valence-electron chi connectivity index (χ3n) is 10.4. The topological polar surface area (TPSA) is 165 Å². The van der Waals surface area contributed by atoms with Gasteiger partial charge in [0.25, 0.3) is 0 Å². The molecule has 1 aromatic heterocycles. The number of hydrogen-bond donors (Lipinski definition) is 3. The molecular weight excluding hydrogens is 610 g/mol. The number of fused-ring (bicyclic) bond motifs is 3. The Bertz CT molecular complexity index is 1640. The van der Waals surface area contributed by atoms with Crippen molar-refractivity contribution < 1.29 is 34.2 Å². The molecule has 4 N–H and O–H groups in total. The zero-order valence-electron chi connectivity index (χ0n) is 26.8. The number of likely N-dealkylation sites (N-methyl/N-ethyl adjacent to an activating group) is 2. The van der Waals surface area contributed by atoms with Crippen LogP contribution >= 0.6 is 11.3 Å². The molecule has 2 saturated carbocycles. The van der Waals surface area contributed by atoms with Gasteiger partial charge in [-0.25, -0.2) is 0 Å². The van der Waals surface area contributed by atoms with E-state index in [4.69, 9.17) is 5.73 Å². The monoisotopic (exact) mass is 651 g/mol. The van der Waals surface area contributed by atoms with Crippen LogP contribution in [-0.4, -0.2) is 127 Å². The molecule has 0 radical (unpaired) electrons. The molecule has 0 bridgehead atoms. The van der Waals surface area contributed by atoms with E-state index in [9.17, 15) is 34.2 Å². The fraction of sp³-hybridized carbons (Fsp3) is 0.545. The van der Waals surface area contributed by atoms with Crippen LogP contribution in [0.4, 0.5) is 5.69 Å². The number of nitrogens with two attached hydrogens (primary N) is 1. The van der Waals surface area contributed by atoms with Crippen LogP contribution in [0, 0.1) is 23.7 Å². The van der Waals surface area contributed by atoms with Gasteiger partial charge in [-0.3, -0.25) is 33.8 Å². The van der Waals surface area contributed by atoms with E-state index in [0.29, 0.717) is 16.8 Å². The highest BCUT2D eigenvalue weighted by Gasteiger charge is 2.69. The van der Waals surface area contributed by atoms with E-state index >= 15 is 0 Å². The standard InChI is InChI=1S/C33H41N5O7S/c1-35(2)21-14-19(22-7-6-17(46-22)15-38-10-8-37(5)9-11-38)27(39)24-18(21)12-16-13-20-26(36(3)4)29(41)25(32(34)44)31(43)33(20,45)30(42)23(16)28(24)40/h6-7,14,16,20,23,25-26,39,45H,8-13,15H2,1-5H3,(H2,34,44). The van der Waals surface area contributed by atoms with Crippen molar-refractivity contribution in [2.24, 2.45) is 29.4 Å². The smallest absolute Gasteiger partial charge is 0.235 e. The number of nitrogens with zero attached hydrogens (tertiary/aromatic N) is 4. The molecule has 1 amide bonds. The summed E-state index contributed by atoms with van der Waals surface area (Å²) < 4.78 is 0. The van der Waals surface area contributed by atoms with Crippen LogP contribution in [0.3, 0.4) is 0 Å². The fourth-order valence-electron chi connectivity index (χ4n) is 8.07. The third-order valence-corrected chi connectivity index (χ3v) is 11.5. The van der Waals surface area contributed by atoms with Crippen LogP contribution in [0.1, 0.15) is 27.2 Å². The summed E-state index contributed by atoms with van der Waals surface area (Å²) in [4.78, 5) is 77.6. The minimum Gasteiger partial charge on any atom is -0.506 e. The number of phenolic OH excluding ortho intramolecular Hbond substituents is 1. The molecule has 6 unspecified atom stereocenters. The van der Waals surface area contributed by atoms with Gasteiger partial charge in [-0.1, -0.05) is 0 Å². The summed E-state index contributed by atoms with van der Waals surface area (Å²) in [5.74, 6) is -10.5. The van der Waals surface area contributed by atoms with Crippen LogP contribution in [0.25, 0.3) is 10.4 Å². The number of piperazine rings is 1. The van der Waals surface area contributed by atoms with Gasteiger partial charge < -0.3 is 25.7 Å². The summed E-state index contributed by atoms with van der Waals surface area (Å²) in [6.45, 7) is 4.69. The normalized spacial score (nSPS) is 30.3. The summed E-state index contributed by atoms with van der Waals surface area (Å²) in [6.07, 6.45) is 0.228. The summed E-state index contributed by atoms with van der Waals surface area (Å²) >= 11 is 1.53. The Kier molecular flexibility index (Phi) is 8.21. The fourth-order valence-corrected chi connectivity index (χ4v) is 9.14. The van der Waals surface area contributed by atoms with E-state index in [-0.39, 0.29) is 24.2 Å². The van der Waals surface area contributed by atoms with Crippen molar-refractivity contribution in [3.8, 4) is 16.2 Å². The van der Waals surface area contributed by atoms with E-state index in [1.807, 2.05) is 37.2 Å². The van der Waals surface area contributed by atoms with Gasteiger partial charge in [-0.2, -0.15) is 0 Å². The summed E-state index contributed by atoms with van der Waals surface area (Å²) in [6, 6.07) is 4.68. The number of amides is 1. The molecular formula is C33H41N5O7S. The van der Waals surface area contributed by atoms with Crippen molar-refractivity contribution in [3.05, 3.63) is 34.2 Å². The number of Topliss-reactive ketones (excluding diaryl/α,β-unsaturated/α-hetero) is 4. The van der Waals surface area contributed by atoms with Crippen molar-refractivity contribution in [1.82, 2.24) is 14.7 Å². The number of ketones is 4. The number of thiophene rings is 1. The minimum atomic E-state index is -2.75. The lowest BCUT2D eigenvalue weighted by molar-refractivity contribution is -0.181. The van der Waals surface area contributed by atoms with Crippen LogP contribution in [0.2, 0.25) is 0 Å². The molecule has 46 heavy (non-hydrogen) atoms. The highest BCUT2D eigenvalue weighted by molar-refractivity contribution is 7.15. The Morgan fingerprint density at radius 1 is 1.07 bits per heavy atom. The lowest BCUT2D eigenvalue weighted by Crippen LogP contribution is -2.74. The maximum absolute atomic E-state index is 14.4. The van der Waals surface area contributed by atoms with Gasteiger partial charge in [0, 0.05) is 73.7 Å². The maximum atomic E-state index is 14.4. The number of primary amides is 1. The largest absolute Gasteiger partial charge is 0.506 e. The quantitative estimate of drug-likeness (QED) is 0.371. The molecule has 1 aliphatic heterocycles.